The van der Waals surface area contributed by atoms with Gasteiger partial charge in [0, 0.05) is 6.61 Å². The molecule has 17 heavy (non-hydrogen) atoms. The van der Waals surface area contributed by atoms with Gasteiger partial charge in [-0.3, -0.25) is 0 Å². The van der Waals surface area contributed by atoms with E-state index in [9.17, 15) is 4.80 Å². The largest absolute Gasteiger partial charge is 0.432 e. The smallest absolute Gasteiger partial charge is 0.188 e. The zero-order valence-electron chi connectivity index (χ0n) is 12.0. The molecule has 0 spiro atoms. The van der Waals surface area contributed by atoms with E-state index in [1.807, 2.05) is 0 Å². The molecule has 1 aliphatic rings. The highest BCUT2D eigenvalue weighted by atomic mass is 28.4. The predicted molar refractivity (Wildman–Crippen MR) is 75.5 cm³/mol. The molecule has 0 aliphatic heterocycles. The Kier molecular flexibility index (Phi) is 5.23. The Morgan fingerprint density at radius 2 is 1.53 bits per heavy atom. The molecular formula is C14H30O2Si. The van der Waals surface area contributed by atoms with Crippen LogP contribution in [0.3, 0.4) is 0 Å². The van der Waals surface area contributed by atoms with E-state index in [0.717, 1.165) is 12.3 Å². The molecule has 2 nitrogen and oxygen atoms in total. The van der Waals surface area contributed by atoms with Crippen LogP contribution in [0.5, 0.6) is 0 Å². The van der Waals surface area contributed by atoms with Crippen LogP contribution in [0.4, 0.5) is 0 Å². The molecule has 1 saturated carbocycles. The van der Waals surface area contributed by atoms with Crippen LogP contribution in [0.15, 0.2) is 0 Å². The molecule has 102 valence electrons. The van der Waals surface area contributed by atoms with Gasteiger partial charge >= 0.3 is 0 Å². The minimum Gasteiger partial charge on any atom is -0.432 e. The zero-order chi connectivity index (χ0) is 13.1. The van der Waals surface area contributed by atoms with Crippen molar-refractivity contribution in [3.8, 4) is 0 Å². The fourth-order valence-electron chi connectivity index (χ4n) is 2.57. The molecule has 0 radical (unpaired) electrons. The summed E-state index contributed by atoms with van der Waals surface area (Å²) in [7, 11) is -2.03. The van der Waals surface area contributed by atoms with Crippen LogP contribution in [0.1, 0.15) is 52.4 Å². The maximum atomic E-state index is 10.3. The Morgan fingerprint density at radius 1 is 1.06 bits per heavy atom. The van der Waals surface area contributed by atoms with Gasteiger partial charge in [0.15, 0.2) is 8.32 Å². The molecule has 0 bridgehead atoms. The number of rotatable bonds is 5. The van der Waals surface area contributed by atoms with Gasteiger partial charge in [-0.15, -0.1) is 0 Å². The maximum Gasteiger partial charge on any atom is 0.188 e. The monoisotopic (exact) mass is 258 g/mol. The lowest BCUT2D eigenvalue weighted by Gasteiger charge is -2.37. The standard InChI is InChI=1S/C14H30O2Si/c1-14(2,17(3,4)16)10-9-12-5-7-13(11-15)8-6-12/h12-13,15-16H,5-11H2,1-4H3/t12-,13-. The van der Waals surface area contributed by atoms with Crippen molar-refractivity contribution < 1.29 is 9.90 Å². The van der Waals surface area contributed by atoms with Gasteiger partial charge in [-0.05, 0) is 49.2 Å². The van der Waals surface area contributed by atoms with Crippen molar-refractivity contribution in [2.24, 2.45) is 11.8 Å². The third kappa shape index (κ3) is 4.38. The first-order valence-corrected chi connectivity index (χ1v) is 10.0. The first-order valence-electron chi connectivity index (χ1n) is 7.09. The van der Waals surface area contributed by atoms with Gasteiger partial charge in [-0.25, -0.2) is 0 Å². The van der Waals surface area contributed by atoms with Crippen molar-refractivity contribution in [3.05, 3.63) is 0 Å². The van der Waals surface area contributed by atoms with Gasteiger partial charge in [-0.2, -0.15) is 0 Å². The summed E-state index contributed by atoms with van der Waals surface area (Å²) >= 11 is 0. The molecule has 0 atom stereocenters. The van der Waals surface area contributed by atoms with E-state index in [4.69, 9.17) is 5.11 Å². The van der Waals surface area contributed by atoms with Crippen LogP contribution in [-0.4, -0.2) is 24.8 Å². The molecule has 1 rings (SSSR count). The van der Waals surface area contributed by atoms with Gasteiger partial charge < -0.3 is 9.90 Å². The zero-order valence-corrected chi connectivity index (χ0v) is 13.0. The predicted octanol–water partition coefficient (Wildman–Crippen LogP) is 3.54. The highest BCUT2D eigenvalue weighted by Crippen LogP contribution is 2.42. The van der Waals surface area contributed by atoms with E-state index >= 15 is 0 Å². The third-order valence-electron chi connectivity index (χ3n) is 5.06. The van der Waals surface area contributed by atoms with Crippen LogP contribution in [0.2, 0.25) is 18.1 Å². The SMILES string of the molecule is CC(C)(CC[C@H]1CC[C@H](CO)CC1)[Si](C)(C)O. The second-order valence-corrected chi connectivity index (χ2v) is 11.5. The average Bonchev–Trinajstić information content (AvgIpc) is 2.25. The Balaban J connectivity index is 2.33. The fraction of sp³-hybridized carbons (Fsp3) is 1.00. The van der Waals surface area contributed by atoms with Crippen molar-refractivity contribution >= 4 is 8.32 Å². The number of hydrogen-bond donors (Lipinski definition) is 2. The Hall–Kier alpha value is 0.137. The van der Waals surface area contributed by atoms with E-state index in [-0.39, 0.29) is 5.04 Å². The summed E-state index contributed by atoms with van der Waals surface area (Å²) in [4.78, 5) is 10.3. The minimum absolute atomic E-state index is 0.126. The number of aliphatic hydroxyl groups is 1. The molecule has 1 aliphatic carbocycles. The van der Waals surface area contributed by atoms with Crippen molar-refractivity contribution in [1.29, 1.82) is 0 Å². The molecule has 0 amide bonds. The third-order valence-corrected chi connectivity index (χ3v) is 8.62. The molecule has 1 fully saturated rings. The second kappa shape index (κ2) is 5.85. The molecule has 0 aromatic heterocycles. The minimum atomic E-state index is -2.03. The van der Waals surface area contributed by atoms with E-state index in [1.54, 1.807) is 0 Å². The second-order valence-electron chi connectivity index (χ2n) is 7.05. The summed E-state index contributed by atoms with van der Waals surface area (Å²) in [5.74, 6) is 1.39. The molecule has 2 N–H and O–H groups in total. The van der Waals surface area contributed by atoms with E-state index in [1.165, 1.54) is 32.1 Å². The maximum absolute atomic E-state index is 10.3. The Morgan fingerprint density at radius 3 is 1.94 bits per heavy atom. The normalized spacial score (nSPS) is 27.2. The van der Waals surface area contributed by atoms with Gasteiger partial charge in [0.2, 0.25) is 0 Å². The summed E-state index contributed by atoms with van der Waals surface area (Å²) in [5, 5.41) is 9.24. The lowest BCUT2D eigenvalue weighted by Crippen LogP contribution is -2.39. The summed E-state index contributed by atoms with van der Waals surface area (Å²) in [6.45, 7) is 8.91. The van der Waals surface area contributed by atoms with Crippen molar-refractivity contribution in [1.82, 2.24) is 0 Å². The van der Waals surface area contributed by atoms with Crippen LogP contribution < -0.4 is 0 Å². The van der Waals surface area contributed by atoms with Crippen molar-refractivity contribution in [3.63, 3.8) is 0 Å². The first kappa shape index (κ1) is 15.2. The Labute approximate surface area is 108 Å². The molecule has 0 saturated heterocycles. The molecule has 0 heterocycles. The van der Waals surface area contributed by atoms with Crippen molar-refractivity contribution in [2.75, 3.05) is 6.61 Å². The first-order chi connectivity index (χ1) is 7.76. The lowest BCUT2D eigenvalue weighted by atomic mass is 9.79. The van der Waals surface area contributed by atoms with Crippen molar-refractivity contribution in [2.45, 2.75) is 70.5 Å². The molecular weight excluding hydrogens is 228 g/mol. The summed E-state index contributed by atoms with van der Waals surface area (Å²) in [5.41, 5.74) is 0. The van der Waals surface area contributed by atoms with Gasteiger partial charge in [0.1, 0.15) is 0 Å². The summed E-state index contributed by atoms with van der Waals surface area (Å²) < 4.78 is 0. The topological polar surface area (TPSA) is 40.5 Å². The molecule has 0 unspecified atom stereocenters. The average molecular weight is 258 g/mol. The molecule has 0 aromatic carbocycles. The highest BCUT2D eigenvalue weighted by Gasteiger charge is 2.38. The van der Waals surface area contributed by atoms with Crippen LogP contribution in [-0.2, 0) is 0 Å². The fourth-order valence-corrected chi connectivity index (χ4v) is 3.33. The van der Waals surface area contributed by atoms with Gasteiger partial charge in [-0.1, -0.05) is 33.1 Å². The van der Waals surface area contributed by atoms with E-state index < -0.39 is 8.32 Å². The van der Waals surface area contributed by atoms with Crippen LogP contribution in [0.25, 0.3) is 0 Å². The molecule has 3 heteroatoms. The van der Waals surface area contributed by atoms with Crippen LogP contribution >= 0.6 is 0 Å². The Bertz CT molecular complexity index is 225. The van der Waals surface area contributed by atoms with Crippen LogP contribution in [0, 0.1) is 11.8 Å². The van der Waals surface area contributed by atoms with Gasteiger partial charge in [0.25, 0.3) is 0 Å². The number of hydrogen-bond acceptors (Lipinski definition) is 2. The molecule has 0 aromatic rings. The summed E-state index contributed by atoms with van der Waals surface area (Å²) in [6.07, 6.45) is 7.34. The lowest BCUT2D eigenvalue weighted by molar-refractivity contribution is 0.161. The summed E-state index contributed by atoms with van der Waals surface area (Å²) in [6, 6.07) is 0. The van der Waals surface area contributed by atoms with E-state index in [0.29, 0.717) is 12.5 Å². The quantitative estimate of drug-likeness (QED) is 0.741. The highest BCUT2D eigenvalue weighted by molar-refractivity contribution is 6.72. The van der Waals surface area contributed by atoms with Gasteiger partial charge in [0.05, 0.1) is 0 Å². The number of aliphatic hydroxyl groups excluding tert-OH is 1. The van der Waals surface area contributed by atoms with E-state index in [2.05, 4.69) is 26.9 Å².